The average Bonchev–Trinajstić information content (AvgIpc) is 3.68. The topological polar surface area (TPSA) is 117 Å². The smallest absolute Gasteiger partial charge is 0.320 e. The molecule has 2 aliphatic heterocycles. The van der Waals surface area contributed by atoms with Crippen LogP contribution in [-0.4, -0.2) is 78.9 Å². The van der Waals surface area contributed by atoms with Crippen LogP contribution >= 0.6 is 0 Å². The molecule has 2 amide bonds. The molecule has 10 heteroatoms. The van der Waals surface area contributed by atoms with Crippen LogP contribution in [0.15, 0.2) is 71.8 Å². The quantitative estimate of drug-likeness (QED) is 0.385. The van der Waals surface area contributed by atoms with Gasteiger partial charge in [0.05, 0.1) is 48.4 Å². The molecule has 2 aromatic carbocycles. The third-order valence-corrected chi connectivity index (χ3v) is 9.59. The zero-order valence-corrected chi connectivity index (χ0v) is 23.6. The van der Waals surface area contributed by atoms with Crippen LogP contribution in [0.1, 0.15) is 44.0 Å². The maximum atomic E-state index is 14.1. The van der Waals surface area contributed by atoms with E-state index in [1.54, 1.807) is 6.33 Å². The van der Waals surface area contributed by atoms with Crippen molar-refractivity contribution in [3.8, 4) is 11.3 Å². The average molecular weight is 569 g/mol. The van der Waals surface area contributed by atoms with Crippen molar-refractivity contribution in [2.45, 2.75) is 50.3 Å². The third kappa shape index (κ3) is 4.68. The normalized spacial score (nSPS) is 24.0. The number of hydrogen-bond donors (Lipinski definition) is 2. The van der Waals surface area contributed by atoms with Crippen molar-refractivity contribution < 1.29 is 14.6 Å². The van der Waals surface area contributed by atoms with Gasteiger partial charge in [-0.3, -0.25) is 9.36 Å². The van der Waals surface area contributed by atoms with E-state index in [9.17, 15) is 14.7 Å². The van der Waals surface area contributed by atoms with Gasteiger partial charge in [0.2, 0.25) is 0 Å². The van der Waals surface area contributed by atoms with Crippen molar-refractivity contribution in [3.05, 3.63) is 83.2 Å². The third-order valence-electron chi connectivity index (χ3n) is 9.59. The Labute approximate surface area is 244 Å². The Morgan fingerprint density at radius 3 is 2.62 bits per heavy atom. The summed E-state index contributed by atoms with van der Waals surface area (Å²) in [5.74, 6) is 0.721. The number of imidazole rings is 1. The number of aliphatic hydroxyl groups is 1. The van der Waals surface area contributed by atoms with E-state index in [-0.39, 0.29) is 24.2 Å². The van der Waals surface area contributed by atoms with E-state index in [1.165, 1.54) is 10.6 Å². The fraction of sp³-hybridized carbons (Fsp3) is 0.438. The molecule has 1 saturated carbocycles. The van der Waals surface area contributed by atoms with Crippen LogP contribution in [0.25, 0.3) is 22.3 Å². The Morgan fingerprint density at radius 1 is 1.05 bits per heavy atom. The zero-order chi connectivity index (χ0) is 28.7. The minimum absolute atomic E-state index is 0.0527. The van der Waals surface area contributed by atoms with Gasteiger partial charge in [-0.15, -0.1) is 0 Å². The summed E-state index contributed by atoms with van der Waals surface area (Å²) >= 11 is 0. The lowest BCUT2D eigenvalue weighted by Crippen LogP contribution is -2.64. The van der Waals surface area contributed by atoms with Crippen molar-refractivity contribution in [3.63, 3.8) is 0 Å². The number of benzene rings is 2. The van der Waals surface area contributed by atoms with E-state index in [0.29, 0.717) is 45.0 Å². The van der Waals surface area contributed by atoms with E-state index < -0.39 is 11.0 Å². The van der Waals surface area contributed by atoms with Crippen LogP contribution in [0.2, 0.25) is 0 Å². The molecule has 0 unspecified atom stereocenters. The Balaban J connectivity index is 1.12. The van der Waals surface area contributed by atoms with Gasteiger partial charge in [0.1, 0.15) is 11.9 Å². The molecular weight excluding hydrogens is 532 g/mol. The summed E-state index contributed by atoms with van der Waals surface area (Å²) in [5, 5.41) is 12.2. The van der Waals surface area contributed by atoms with Crippen LogP contribution in [-0.2, 0) is 11.3 Å². The monoisotopic (exact) mass is 568 g/mol. The van der Waals surface area contributed by atoms with E-state index in [1.807, 2.05) is 64.4 Å². The second-order valence-electron chi connectivity index (χ2n) is 12.0. The molecule has 3 fully saturated rings. The molecule has 2 saturated heterocycles. The number of aromatic nitrogens is 4. The van der Waals surface area contributed by atoms with E-state index in [2.05, 4.69) is 9.97 Å². The molecule has 4 aromatic rings. The molecule has 4 heterocycles. The molecule has 2 atom stereocenters. The van der Waals surface area contributed by atoms with E-state index >= 15 is 0 Å². The van der Waals surface area contributed by atoms with Crippen LogP contribution in [0, 0.1) is 5.41 Å². The van der Waals surface area contributed by atoms with Gasteiger partial charge in [0, 0.05) is 36.7 Å². The summed E-state index contributed by atoms with van der Waals surface area (Å²) in [7, 11) is 0. The highest BCUT2D eigenvalue weighted by atomic mass is 16.5. The first kappa shape index (κ1) is 26.9. The standard InChI is InChI=1S/C32H36N6O4/c39-28-18-26(23-8-2-1-3-9-23)33-22-37(28)21-32(41)14-15-36(20-31(32)12-6-7-13-31)30(40)38-16-17-42-19-27(38)29-34-24-10-4-5-11-25(24)35-29/h1-5,8-11,18,22,27,41H,6-7,12-17,19-21H2,(H,34,35)/t27-,32+/m0/s1. The molecule has 2 aromatic heterocycles. The molecule has 2 N–H and O–H groups in total. The molecule has 0 bridgehead atoms. The molecule has 218 valence electrons. The number of aromatic amines is 1. The van der Waals surface area contributed by atoms with E-state index in [4.69, 9.17) is 9.72 Å². The summed E-state index contributed by atoms with van der Waals surface area (Å²) in [6.07, 6.45) is 5.55. The van der Waals surface area contributed by atoms with Gasteiger partial charge < -0.3 is 24.6 Å². The predicted molar refractivity (Wildman–Crippen MR) is 158 cm³/mol. The Bertz CT molecular complexity index is 1610. The number of nitrogens with one attached hydrogen (secondary N) is 1. The number of ether oxygens (including phenoxy) is 1. The van der Waals surface area contributed by atoms with Crippen LogP contribution in [0.3, 0.4) is 0 Å². The summed E-state index contributed by atoms with van der Waals surface area (Å²) in [6.45, 7) is 2.35. The van der Waals surface area contributed by atoms with Crippen LogP contribution < -0.4 is 5.56 Å². The number of nitrogens with zero attached hydrogens (tertiary/aromatic N) is 5. The van der Waals surface area contributed by atoms with Crippen molar-refractivity contribution in [2.24, 2.45) is 5.41 Å². The Kier molecular flexibility index (Phi) is 6.82. The summed E-state index contributed by atoms with van der Waals surface area (Å²) in [5.41, 5.74) is 1.49. The molecule has 0 radical (unpaired) electrons. The SMILES string of the molecule is O=C(N1CC[C@@](O)(Cn2cnc(-c3ccccc3)cc2=O)C2(CCCC2)C1)N1CCOC[C@H]1c1nc2ccccc2[nH]1. The number of carbonyl (C=O) groups excluding carboxylic acids is 1. The highest BCUT2D eigenvalue weighted by Crippen LogP contribution is 2.51. The lowest BCUT2D eigenvalue weighted by molar-refractivity contribution is -0.138. The number of para-hydroxylation sites is 2. The first-order valence-electron chi connectivity index (χ1n) is 14.9. The van der Waals surface area contributed by atoms with Gasteiger partial charge in [0.15, 0.2) is 0 Å². The Morgan fingerprint density at radius 2 is 1.83 bits per heavy atom. The molecule has 3 aliphatic rings. The number of H-pyrrole nitrogens is 1. The number of rotatable bonds is 4. The van der Waals surface area contributed by atoms with Crippen LogP contribution in [0.4, 0.5) is 4.79 Å². The van der Waals surface area contributed by atoms with Gasteiger partial charge in [-0.2, -0.15) is 0 Å². The highest BCUT2D eigenvalue weighted by molar-refractivity contribution is 5.77. The minimum atomic E-state index is -1.12. The van der Waals surface area contributed by atoms with Gasteiger partial charge >= 0.3 is 6.03 Å². The largest absolute Gasteiger partial charge is 0.387 e. The maximum absolute atomic E-state index is 14.1. The lowest BCUT2D eigenvalue weighted by Gasteiger charge is -2.53. The van der Waals surface area contributed by atoms with E-state index in [0.717, 1.165) is 48.1 Å². The number of piperidine rings is 1. The fourth-order valence-corrected chi connectivity index (χ4v) is 7.23. The van der Waals surface area contributed by atoms with Crippen LogP contribution in [0.5, 0.6) is 0 Å². The number of amides is 2. The first-order chi connectivity index (χ1) is 20.4. The van der Waals surface area contributed by atoms with Crippen molar-refractivity contribution in [2.75, 3.05) is 32.8 Å². The second kappa shape index (κ2) is 10.7. The molecule has 10 nitrogen and oxygen atoms in total. The number of urea groups is 1. The molecule has 1 spiro atoms. The Hall–Kier alpha value is -4.02. The highest BCUT2D eigenvalue weighted by Gasteiger charge is 2.56. The zero-order valence-electron chi connectivity index (χ0n) is 23.6. The molecule has 7 rings (SSSR count). The minimum Gasteiger partial charge on any atom is -0.387 e. The number of fused-ring (bicyclic) bond motifs is 1. The van der Waals surface area contributed by atoms with Gasteiger partial charge in [-0.1, -0.05) is 55.3 Å². The predicted octanol–water partition coefficient (Wildman–Crippen LogP) is 3.98. The number of hydrogen-bond acceptors (Lipinski definition) is 6. The van der Waals surface area contributed by atoms with Gasteiger partial charge in [-0.05, 0) is 31.4 Å². The number of carbonyl (C=O) groups is 1. The summed E-state index contributed by atoms with van der Waals surface area (Å²) in [4.78, 5) is 43.7. The first-order valence-corrected chi connectivity index (χ1v) is 14.9. The molecular formula is C32H36N6O4. The number of likely N-dealkylation sites (tertiary alicyclic amines) is 1. The fourth-order valence-electron chi connectivity index (χ4n) is 7.23. The number of morpholine rings is 1. The summed E-state index contributed by atoms with van der Waals surface area (Å²) in [6, 6.07) is 18.6. The van der Waals surface area contributed by atoms with Crippen molar-refractivity contribution in [1.82, 2.24) is 29.3 Å². The van der Waals surface area contributed by atoms with Gasteiger partial charge in [-0.25, -0.2) is 14.8 Å². The maximum Gasteiger partial charge on any atom is 0.320 e. The lowest BCUT2D eigenvalue weighted by atomic mass is 9.66. The second-order valence-corrected chi connectivity index (χ2v) is 12.0. The van der Waals surface area contributed by atoms with Crippen molar-refractivity contribution >= 4 is 17.1 Å². The van der Waals surface area contributed by atoms with Crippen molar-refractivity contribution in [1.29, 1.82) is 0 Å². The van der Waals surface area contributed by atoms with Gasteiger partial charge in [0.25, 0.3) is 5.56 Å². The summed E-state index contributed by atoms with van der Waals surface area (Å²) < 4.78 is 7.32. The molecule has 42 heavy (non-hydrogen) atoms. The molecule has 1 aliphatic carbocycles.